The zero-order chi connectivity index (χ0) is 22.5. The third-order valence-electron chi connectivity index (χ3n) is 6.21. The number of amides is 1. The summed E-state index contributed by atoms with van der Waals surface area (Å²) in [6.07, 6.45) is 1.98. The molecule has 1 saturated carbocycles. The summed E-state index contributed by atoms with van der Waals surface area (Å²) in [4.78, 5) is 26.0. The van der Waals surface area contributed by atoms with Crippen LogP contribution in [0.4, 0.5) is 0 Å². The monoisotopic (exact) mass is 445 g/mol. The molecule has 1 aliphatic carbocycles. The summed E-state index contributed by atoms with van der Waals surface area (Å²) in [5, 5.41) is 19.0. The lowest BCUT2D eigenvalue weighted by Gasteiger charge is -2.33. The van der Waals surface area contributed by atoms with Gasteiger partial charge >= 0.3 is 0 Å². The van der Waals surface area contributed by atoms with E-state index in [1.807, 2.05) is 32.9 Å². The number of benzene rings is 1. The van der Waals surface area contributed by atoms with E-state index in [1.54, 1.807) is 17.6 Å². The molecule has 3 aromatic rings. The zero-order valence-corrected chi connectivity index (χ0v) is 19.0. The van der Waals surface area contributed by atoms with Crippen molar-refractivity contribution in [1.29, 1.82) is 0 Å². The first kappa shape index (κ1) is 21.8. The van der Waals surface area contributed by atoms with Crippen LogP contribution in [0.1, 0.15) is 58.3 Å². The first-order valence-electron chi connectivity index (χ1n) is 10.7. The van der Waals surface area contributed by atoms with Crippen LogP contribution in [0.2, 0.25) is 5.02 Å². The second-order valence-corrected chi connectivity index (χ2v) is 9.97. The number of fused-ring (bicyclic) bond motifs is 3. The maximum atomic E-state index is 13.5. The molecule has 4 rings (SSSR count). The highest BCUT2D eigenvalue weighted by molar-refractivity contribution is 6.37. The summed E-state index contributed by atoms with van der Waals surface area (Å²) in [5.41, 5.74) is 0.493. The van der Waals surface area contributed by atoms with Gasteiger partial charge in [0.25, 0.3) is 5.56 Å². The van der Waals surface area contributed by atoms with E-state index in [0.717, 1.165) is 19.3 Å². The molecule has 1 amide bonds. The normalized spacial score (nSPS) is 20.8. The van der Waals surface area contributed by atoms with Crippen LogP contribution in [0.5, 0.6) is 0 Å². The smallest absolute Gasteiger partial charge is 0.264 e. The molecule has 1 aromatic carbocycles. The van der Waals surface area contributed by atoms with Gasteiger partial charge in [-0.3, -0.25) is 9.59 Å². The van der Waals surface area contributed by atoms with Crippen molar-refractivity contribution in [2.45, 2.75) is 71.6 Å². The van der Waals surface area contributed by atoms with Gasteiger partial charge in [0, 0.05) is 17.5 Å². The van der Waals surface area contributed by atoms with E-state index in [0.29, 0.717) is 39.0 Å². The lowest BCUT2D eigenvalue weighted by molar-refractivity contribution is -0.135. The van der Waals surface area contributed by atoms with Crippen molar-refractivity contribution in [3.05, 3.63) is 39.3 Å². The van der Waals surface area contributed by atoms with E-state index in [9.17, 15) is 14.7 Å². The van der Waals surface area contributed by atoms with Gasteiger partial charge in [-0.1, -0.05) is 43.6 Å². The molecule has 8 heteroatoms. The standard InChI is InChI=1S/C23H28ClN3O4/c1-12-17-19(26-31-12)18-15(24)9-6-10-16(18)27(22(17)30)14-8-5-7-13(11-14)25-21(29)20(28)23(2,3)4/h6,9-10,13-14,20,28H,5,7-8,11H2,1-4H3,(H,25,29). The lowest BCUT2D eigenvalue weighted by atomic mass is 9.87. The highest BCUT2D eigenvalue weighted by atomic mass is 35.5. The topological polar surface area (TPSA) is 97.4 Å². The Morgan fingerprint density at radius 1 is 1.32 bits per heavy atom. The number of aliphatic hydroxyl groups excluding tert-OH is 1. The largest absolute Gasteiger partial charge is 0.383 e. The molecule has 166 valence electrons. The molecule has 1 aliphatic rings. The zero-order valence-electron chi connectivity index (χ0n) is 18.2. The van der Waals surface area contributed by atoms with Crippen molar-refractivity contribution < 1.29 is 14.4 Å². The van der Waals surface area contributed by atoms with Crippen LogP contribution in [-0.2, 0) is 4.79 Å². The van der Waals surface area contributed by atoms with Crippen LogP contribution in [0.3, 0.4) is 0 Å². The van der Waals surface area contributed by atoms with Gasteiger partial charge in [-0.2, -0.15) is 0 Å². The number of aromatic nitrogens is 2. The third kappa shape index (κ3) is 3.85. The van der Waals surface area contributed by atoms with E-state index in [-0.39, 0.29) is 23.6 Å². The van der Waals surface area contributed by atoms with Gasteiger partial charge in [-0.15, -0.1) is 0 Å². The van der Waals surface area contributed by atoms with E-state index >= 15 is 0 Å². The maximum Gasteiger partial charge on any atom is 0.264 e. The molecule has 3 atom stereocenters. The molecular weight excluding hydrogens is 418 g/mol. The fourth-order valence-electron chi connectivity index (χ4n) is 4.54. The molecule has 0 spiro atoms. The summed E-state index contributed by atoms with van der Waals surface area (Å²) >= 11 is 6.50. The van der Waals surface area contributed by atoms with Crippen molar-refractivity contribution in [1.82, 2.24) is 15.0 Å². The van der Waals surface area contributed by atoms with Crippen molar-refractivity contribution in [3.8, 4) is 0 Å². The number of nitrogens with one attached hydrogen (secondary N) is 1. The average molecular weight is 446 g/mol. The van der Waals surface area contributed by atoms with E-state index in [4.69, 9.17) is 16.1 Å². The number of halogens is 1. The van der Waals surface area contributed by atoms with Gasteiger partial charge in [-0.25, -0.2) is 0 Å². The number of pyridine rings is 1. The van der Waals surface area contributed by atoms with E-state index in [2.05, 4.69) is 10.5 Å². The lowest BCUT2D eigenvalue weighted by Crippen LogP contribution is -2.48. The Morgan fingerprint density at radius 3 is 2.77 bits per heavy atom. The summed E-state index contributed by atoms with van der Waals surface area (Å²) in [6, 6.07) is 5.24. The minimum absolute atomic E-state index is 0.113. The molecule has 0 radical (unpaired) electrons. The van der Waals surface area contributed by atoms with Crippen LogP contribution in [0, 0.1) is 12.3 Å². The van der Waals surface area contributed by atoms with Gasteiger partial charge in [0.2, 0.25) is 5.91 Å². The first-order chi connectivity index (χ1) is 14.6. The second-order valence-electron chi connectivity index (χ2n) is 9.57. The molecular formula is C23H28ClN3O4. The van der Waals surface area contributed by atoms with Gasteiger partial charge in [0.15, 0.2) is 0 Å². The molecule has 0 aliphatic heterocycles. The first-order valence-corrected chi connectivity index (χ1v) is 11.0. The number of nitrogens with zero attached hydrogens (tertiary/aromatic N) is 2. The third-order valence-corrected chi connectivity index (χ3v) is 6.53. The van der Waals surface area contributed by atoms with Crippen LogP contribution in [-0.4, -0.2) is 32.9 Å². The predicted molar refractivity (Wildman–Crippen MR) is 120 cm³/mol. The molecule has 2 heterocycles. The average Bonchev–Trinajstić information content (AvgIpc) is 3.09. The molecule has 7 nitrogen and oxygen atoms in total. The van der Waals surface area contributed by atoms with Gasteiger partial charge in [0.05, 0.1) is 10.5 Å². The highest BCUT2D eigenvalue weighted by Gasteiger charge is 2.33. The minimum atomic E-state index is -1.09. The van der Waals surface area contributed by atoms with Crippen LogP contribution >= 0.6 is 11.6 Å². The van der Waals surface area contributed by atoms with E-state index in [1.165, 1.54) is 0 Å². The second kappa shape index (κ2) is 7.95. The Bertz CT molecular complexity index is 1210. The Morgan fingerprint density at radius 2 is 2.06 bits per heavy atom. The van der Waals surface area contributed by atoms with Crippen LogP contribution < -0.4 is 10.9 Å². The Kier molecular flexibility index (Phi) is 5.60. The Balaban J connectivity index is 1.74. The van der Waals surface area contributed by atoms with Gasteiger partial charge in [-0.05, 0) is 50.2 Å². The number of carbonyl (C=O) groups is 1. The summed E-state index contributed by atoms with van der Waals surface area (Å²) in [6.45, 7) is 7.20. The Hall–Kier alpha value is -2.38. The number of rotatable bonds is 3. The van der Waals surface area contributed by atoms with Crippen molar-refractivity contribution >= 4 is 39.3 Å². The van der Waals surface area contributed by atoms with Gasteiger partial charge in [0.1, 0.15) is 22.8 Å². The number of carbonyl (C=O) groups excluding carboxylic acids is 1. The summed E-state index contributed by atoms with van der Waals surface area (Å²) < 4.78 is 7.11. The number of hydrogen-bond donors (Lipinski definition) is 2. The maximum absolute atomic E-state index is 13.5. The number of aryl methyl sites for hydroxylation is 1. The fourth-order valence-corrected chi connectivity index (χ4v) is 4.80. The quantitative estimate of drug-likeness (QED) is 0.632. The molecule has 2 N–H and O–H groups in total. The van der Waals surface area contributed by atoms with Crippen molar-refractivity contribution in [2.24, 2.45) is 5.41 Å². The van der Waals surface area contributed by atoms with Crippen molar-refractivity contribution in [2.75, 3.05) is 0 Å². The highest BCUT2D eigenvalue weighted by Crippen LogP contribution is 2.35. The van der Waals surface area contributed by atoms with E-state index < -0.39 is 11.5 Å². The minimum Gasteiger partial charge on any atom is -0.383 e. The molecule has 31 heavy (non-hydrogen) atoms. The molecule has 3 unspecified atom stereocenters. The van der Waals surface area contributed by atoms with Crippen LogP contribution in [0.25, 0.3) is 21.8 Å². The van der Waals surface area contributed by atoms with Crippen molar-refractivity contribution in [3.63, 3.8) is 0 Å². The molecule has 2 aromatic heterocycles. The molecule has 0 bridgehead atoms. The summed E-state index contributed by atoms with van der Waals surface area (Å²) in [5.74, 6) is 0.0910. The number of hydrogen-bond acceptors (Lipinski definition) is 5. The molecule has 0 saturated heterocycles. The Labute approximate surface area is 185 Å². The summed E-state index contributed by atoms with van der Waals surface area (Å²) in [7, 11) is 0. The SMILES string of the molecule is Cc1onc2c1c(=O)n(C1CCCC(NC(=O)C(O)C(C)(C)C)C1)c1cccc(Cl)c21. The molecule has 1 fully saturated rings. The predicted octanol–water partition coefficient (Wildman–Crippen LogP) is 4.11. The van der Waals surface area contributed by atoms with Gasteiger partial charge < -0.3 is 19.5 Å². The fraction of sp³-hybridized carbons (Fsp3) is 0.522. The number of aliphatic hydroxyl groups is 1. The van der Waals surface area contributed by atoms with Crippen LogP contribution in [0.15, 0.2) is 27.5 Å².